The van der Waals surface area contributed by atoms with Gasteiger partial charge in [0.15, 0.2) is 22.8 Å². The summed E-state index contributed by atoms with van der Waals surface area (Å²) in [5.41, 5.74) is 1.58. The van der Waals surface area contributed by atoms with Gasteiger partial charge in [-0.1, -0.05) is 6.08 Å². The number of ketones is 1. The van der Waals surface area contributed by atoms with Crippen molar-refractivity contribution in [3.63, 3.8) is 0 Å². The lowest BCUT2D eigenvalue weighted by molar-refractivity contribution is -0.152. The van der Waals surface area contributed by atoms with Crippen LogP contribution in [0.25, 0.3) is 5.70 Å². The van der Waals surface area contributed by atoms with E-state index >= 15 is 0 Å². The lowest BCUT2D eigenvalue weighted by atomic mass is 9.80. The van der Waals surface area contributed by atoms with Gasteiger partial charge in [-0.2, -0.15) is 0 Å². The lowest BCUT2D eigenvalue weighted by Crippen LogP contribution is -2.57. The Balaban J connectivity index is 1.72. The van der Waals surface area contributed by atoms with E-state index in [1.807, 2.05) is 12.1 Å². The molecule has 0 fully saturated rings. The zero-order chi connectivity index (χ0) is 24.7. The maximum atomic E-state index is 13.2. The first-order valence-electron chi connectivity index (χ1n) is 11.0. The molecule has 1 atom stereocenters. The van der Waals surface area contributed by atoms with Crippen LogP contribution in [0.3, 0.4) is 0 Å². The summed E-state index contributed by atoms with van der Waals surface area (Å²) in [6.07, 6.45) is 3.31. The highest BCUT2D eigenvalue weighted by Crippen LogP contribution is 2.46. The third-order valence-corrected chi connectivity index (χ3v) is 6.64. The second-order valence-corrected chi connectivity index (χ2v) is 8.40. The Bertz CT molecular complexity index is 1280. The van der Waals surface area contributed by atoms with Gasteiger partial charge in [0.05, 0.1) is 33.6 Å². The van der Waals surface area contributed by atoms with Gasteiger partial charge in [-0.25, -0.2) is 4.79 Å². The van der Waals surface area contributed by atoms with Crippen molar-refractivity contribution in [3.8, 4) is 23.0 Å². The summed E-state index contributed by atoms with van der Waals surface area (Å²) in [5, 5.41) is 10.6. The number of methoxy groups -OCH3 is 3. The number of allylic oxidation sites excluding steroid dienone is 2. The van der Waals surface area contributed by atoms with Gasteiger partial charge in [0.1, 0.15) is 11.5 Å². The number of rotatable bonds is 6. The topological polar surface area (TPSA) is 104 Å². The van der Waals surface area contributed by atoms with Gasteiger partial charge in [-0.3, -0.25) is 4.79 Å². The van der Waals surface area contributed by atoms with Crippen LogP contribution in [-0.4, -0.2) is 62.0 Å². The maximum Gasteiger partial charge on any atom is 0.338 e. The highest BCUT2D eigenvalue weighted by molar-refractivity contribution is 6.10. The average molecular weight is 479 g/mol. The van der Waals surface area contributed by atoms with Gasteiger partial charge in [0.2, 0.25) is 6.79 Å². The number of fused-ring (bicyclic) bond motifs is 3. The van der Waals surface area contributed by atoms with E-state index in [4.69, 9.17) is 23.7 Å². The molecule has 1 unspecified atom stereocenters. The van der Waals surface area contributed by atoms with Crippen molar-refractivity contribution in [1.29, 1.82) is 0 Å². The van der Waals surface area contributed by atoms with E-state index in [0.717, 1.165) is 16.7 Å². The summed E-state index contributed by atoms with van der Waals surface area (Å²) in [5.74, 6) is 1.49. The van der Waals surface area contributed by atoms with Crippen LogP contribution in [0.2, 0.25) is 0 Å². The van der Waals surface area contributed by atoms with E-state index in [9.17, 15) is 14.7 Å². The zero-order valence-electron chi connectivity index (χ0n) is 19.6. The van der Waals surface area contributed by atoms with Crippen LogP contribution in [0.4, 0.5) is 0 Å². The second-order valence-electron chi connectivity index (χ2n) is 8.40. The number of benzene rings is 2. The number of hydrogen-bond acceptors (Lipinski definition) is 9. The third-order valence-electron chi connectivity index (χ3n) is 6.64. The summed E-state index contributed by atoms with van der Waals surface area (Å²) in [7, 11) is 4.37. The first-order chi connectivity index (χ1) is 16.9. The number of aliphatic hydroxyl groups excluding tert-OH is 1. The molecule has 182 valence electrons. The molecule has 0 radical (unpaired) electrons. The molecule has 1 N–H and O–H groups in total. The standard InChI is InChI=1S/C26H25NO8/c1-31-17-5-4-15(21(10-17)32-2)12-27-24-18(6-7-26(27,13-28)25(30)33-3)20(29)8-16-9-22-23(11-19(16)24)35-14-34-22/h4-7,9-11,28H,8,12-14H2,1-3H3. The summed E-state index contributed by atoms with van der Waals surface area (Å²) in [4.78, 5) is 28.1. The van der Waals surface area contributed by atoms with E-state index in [1.165, 1.54) is 13.2 Å². The van der Waals surface area contributed by atoms with Gasteiger partial charge in [-0.15, -0.1) is 0 Å². The van der Waals surface area contributed by atoms with Crippen molar-refractivity contribution >= 4 is 17.4 Å². The van der Waals surface area contributed by atoms with Crippen LogP contribution in [0, 0.1) is 0 Å². The minimum absolute atomic E-state index is 0.0908. The summed E-state index contributed by atoms with van der Waals surface area (Å²) in [6, 6.07) is 8.95. The maximum absolute atomic E-state index is 13.2. The number of nitrogens with zero attached hydrogens (tertiary/aromatic N) is 1. The molecule has 2 aliphatic heterocycles. The Morgan fingerprint density at radius 1 is 1.11 bits per heavy atom. The number of aliphatic hydroxyl groups is 1. The molecule has 9 heteroatoms. The zero-order valence-corrected chi connectivity index (χ0v) is 19.6. The highest BCUT2D eigenvalue weighted by atomic mass is 16.7. The predicted molar refractivity (Wildman–Crippen MR) is 124 cm³/mol. The molecule has 3 aliphatic rings. The molecule has 2 heterocycles. The monoisotopic (exact) mass is 479 g/mol. The number of ether oxygens (including phenoxy) is 5. The van der Waals surface area contributed by atoms with Crippen LogP contribution < -0.4 is 18.9 Å². The van der Waals surface area contributed by atoms with E-state index in [1.54, 1.807) is 43.4 Å². The Labute approximate surface area is 202 Å². The minimum atomic E-state index is -1.57. The molecule has 0 saturated carbocycles. The molecule has 0 spiro atoms. The Morgan fingerprint density at radius 2 is 1.89 bits per heavy atom. The third kappa shape index (κ3) is 3.50. The molecular formula is C26H25NO8. The Hall–Kier alpha value is -3.98. The van der Waals surface area contributed by atoms with Crippen LogP contribution in [0.5, 0.6) is 23.0 Å². The molecule has 0 amide bonds. The van der Waals surface area contributed by atoms with E-state index < -0.39 is 18.1 Å². The second kappa shape index (κ2) is 8.66. The van der Waals surface area contributed by atoms with Gasteiger partial charge < -0.3 is 33.7 Å². The van der Waals surface area contributed by atoms with Crippen molar-refractivity contribution in [2.24, 2.45) is 0 Å². The van der Waals surface area contributed by atoms with Gasteiger partial charge in [0.25, 0.3) is 0 Å². The molecular weight excluding hydrogens is 454 g/mol. The Kier molecular flexibility index (Phi) is 5.64. The highest BCUT2D eigenvalue weighted by Gasteiger charge is 2.49. The summed E-state index contributed by atoms with van der Waals surface area (Å²) in [6.45, 7) is -0.347. The molecule has 35 heavy (non-hydrogen) atoms. The van der Waals surface area contributed by atoms with Crippen LogP contribution in [-0.2, 0) is 27.3 Å². The largest absolute Gasteiger partial charge is 0.497 e. The number of carbonyl (C=O) groups excluding carboxylic acids is 2. The normalized spacial score (nSPS) is 19.9. The molecule has 2 aromatic carbocycles. The smallest absolute Gasteiger partial charge is 0.338 e. The summed E-state index contributed by atoms with van der Waals surface area (Å²) >= 11 is 0. The van der Waals surface area contributed by atoms with Crippen molar-refractivity contribution in [2.75, 3.05) is 34.7 Å². The van der Waals surface area contributed by atoms with Crippen LogP contribution in [0.15, 0.2) is 48.1 Å². The lowest BCUT2D eigenvalue weighted by Gasteiger charge is -2.45. The van der Waals surface area contributed by atoms with Crippen molar-refractivity contribution in [3.05, 3.63) is 64.7 Å². The average Bonchev–Trinajstić information content (AvgIpc) is 3.34. The molecule has 1 aliphatic carbocycles. The molecule has 0 aromatic heterocycles. The van der Waals surface area contributed by atoms with Crippen molar-refractivity contribution < 1.29 is 38.4 Å². The van der Waals surface area contributed by atoms with Crippen molar-refractivity contribution in [1.82, 2.24) is 4.90 Å². The number of Topliss-reactive ketones (excluding diaryl/α,β-unsaturated/α-hetero) is 1. The quantitative estimate of drug-likeness (QED) is 0.625. The molecule has 2 aromatic rings. The van der Waals surface area contributed by atoms with Gasteiger partial charge >= 0.3 is 5.97 Å². The number of esters is 1. The number of carbonyl (C=O) groups is 2. The minimum Gasteiger partial charge on any atom is -0.497 e. The molecule has 0 bridgehead atoms. The molecule has 0 saturated heterocycles. The van der Waals surface area contributed by atoms with Crippen molar-refractivity contribution in [2.45, 2.75) is 18.5 Å². The summed E-state index contributed by atoms with van der Waals surface area (Å²) < 4.78 is 27.1. The first kappa shape index (κ1) is 22.8. The first-order valence-corrected chi connectivity index (χ1v) is 11.0. The SMILES string of the molecule is COC(=O)C1(CO)C=CC2=C(c3cc4c(cc3CC2=O)OCO4)N1Cc1ccc(OC)cc1OC. The molecule has 5 rings (SSSR count). The van der Waals surface area contributed by atoms with Gasteiger partial charge in [0, 0.05) is 35.7 Å². The fraction of sp³-hybridized carbons (Fsp3) is 0.308. The fourth-order valence-electron chi connectivity index (χ4n) is 4.80. The van der Waals surface area contributed by atoms with Crippen LogP contribution in [0.1, 0.15) is 16.7 Å². The fourth-order valence-corrected chi connectivity index (χ4v) is 4.80. The van der Waals surface area contributed by atoms with E-state index in [0.29, 0.717) is 34.3 Å². The number of hydrogen-bond donors (Lipinski definition) is 1. The predicted octanol–water partition coefficient (Wildman–Crippen LogP) is 2.24. The van der Waals surface area contributed by atoms with Gasteiger partial charge in [-0.05, 0) is 35.9 Å². The molecule has 9 nitrogen and oxygen atoms in total. The van der Waals surface area contributed by atoms with Crippen LogP contribution >= 0.6 is 0 Å². The Morgan fingerprint density at radius 3 is 2.57 bits per heavy atom. The van der Waals surface area contributed by atoms with E-state index in [-0.39, 0.29) is 25.5 Å². The van der Waals surface area contributed by atoms with E-state index in [2.05, 4.69) is 0 Å².